The molecule has 6 heteroatoms. The molecule has 1 aliphatic rings. The van der Waals surface area contributed by atoms with Crippen molar-refractivity contribution >= 4 is 11.6 Å². The molecular formula is C14H18N2O4. The molecule has 1 aromatic rings. The van der Waals surface area contributed by atoms with Gasteiger partial charge < -0.3 is 10.1 Å². The molecule has 1 aliphatic carbocycles. The average Bonchev–Trinajstić information content (AvgIpc) is 2.92. The lowest BCUT2D eigenvalue weighted by atomic mass is 10.2. The lowest BCUT2D eigenvalue weighted by Gasteiger charge is -2.17. The van der Waals surface area contributed by atoms with Gasteiger partial charge in [-0.05, 0) is 31.9 Å². The van der Waals surface area contributed by atoms with Crippen LogP contribution in [0.1, 0.15) is 32.6 Å². The smallest absolute Gasteiger partial charge is 0.269 e. The zero-order valence-corrected chi connectivity index (χ0v) is 11.4. The summed E-state index contributed by atoms with van der Waals surface area (Å²) >= 11 is 0. The molecule has 0 aromatic heterocycles. The summed E-state index contributed by atoms with van der Waals surface area (Å²) in [5.74, 6) is 0.305. The summed E-state index contributed by atoms with van der Waals surface area (Å²) in [4.78, 5) is 22.0. The molecule has 0 unspecified atom stereocenters. The standard InChI is InChI=1S/C14H18N2O4/c1-10(14(17)15-11-4-2-3-5-11)20-13-8-6-12(7-9-13)16(18)19/h6-11H,2-5H2,1H3,(H,15,17)/t10-/m0/s1. The fourth-order valence-corrected chi connectivity index (χ4v) is 2.29. The third-order valence-electron chi connectivity index (χ3n) is 3.43. The highest BCUT2D eigenvalue weighted by molar-refractivity contribution is 5.81. The molecule has 20 heavy (non-hydrogen) atoms. The predicted molar refractivity (Wildman–Crippen MR) is 73.6 cm³/mol. The molecule has 2 rings (SSSR count). The number of nitrogens with one attached hydrogen (secondary N) is 1. The number of amides is 1. The minimum Gasteiger partial charge on any atom is -0.481 e. The van der Waals surface area contributed by atoms with Gasteiger partial charge in [0.1, 0.15) is 5.75 Å². The van der Waals surface area contributed by atoms with Gasteiger partial charge in [0.25, 0.3) is 11.6 Å². The van der Waals surface area contributed by atoms with Gasteiger partial charge in [-0.25, -0.2) is 0 Å². The molecule has 6 nitrogen and oxygen atoms in total. The Morgan fingerprint density at radius 3 is 2.50 bits per heavy atom. The highest BCUT2D eigenvalue weighted by Crippen LogP contribution is 2.20. The first-order valence-corrected chi connectivity index (χ1v) is 6.78. The van der Waals surface area contributed by atoms with Crippen LogP contribution in [0.4, 0.5) is 5.69 Å². The van der Waals surface area contributed by atoms with Crippen molar-refractivity contribution in [2.24, 2.45) is 0 Å². The van der Waals surface area contributed by atoms with E-state index in [0.717, 1.165) is 25.7 Å². The van der Waals surface area contributed by atoms with Crippen LogP contribution in [0.5, 0.6) is 5.75 Å². The second kappa shape index (κ2) is 6.36. The fraction of sp³-hybridized carbons (Fsp3) is 0.500. The van der Waals surface area contributed by atoms with Crippen LogP contribution in [0.3, 0.4) is 0 Å². The molecule has 0 bridgehead atoms. The highest BCUT2D eigenvalue weighted by Gasteiger charge is 2.21. The largest absolute Gasteiger partial charge is 0.481 e. The molecule has 0 heterocycles. The van der Waals surface area contributed by atoms with E-state index in [1.165, 1.54) is 24.3 Å². The Balaban J connectivity index is 1.87. The van der Waals surface area contributed by atoms with E-state index in [9.17, 15) is 14.9 Å². The second-order valence-electron chi connectivity index (χ2n) is 5.00. The van der Waals surface area contributed by atoms with E-state index in [0.29, 0.717) is 5.75 Å². The quantitative estimate of drug-likeness (QED) is 0.662. The maximum absolute atomic E-state index is 11.9. The number of carbonyl (C=O) groups excluding carboxylic acids is 1. The number of ether oxygens (including phenoxy) is 1. The number of non-ortho nitro benzene ring substituents is 1. The molecule has 0 saturated heterocycles. The van der Waals surface area contributed by atoms with Crippen LogP contribution in [0.2, 0.25) is 0 Å². The maximum Gasteiger partial charge on any atom is 0.269 e. The zero-order chi connectivity index (χ0) is 14.5. The third-order valence-corrected chi connectivity index (χ3v) is 3.43. The van der Waals surface area contributed by atoms with Gasteiger partial charge in [0.2, 0.25) is 0 Å². The molecule has 1 saturated carbocycles. The van der Waals surface area contributed by atoms with Crippen molar-refractivity contribution in [3.05, 3.63) is 34.4 Å². The summed E-state index contributed by atoms with van der Waals surface area (Å²) in [6.45, 7) is 1.67. The Hall–Kier alpha value is -2.11. The molecule has 108 valence electrons. The van der Waals surface area contributed by atoms with Gasteiger partial charge in [-0.1, -0.05) is 12.8 Å². The minimum atomic E-state index is -0.614. The Bertz CT molecular complexity index is 480. The number of nitro benzene ring substituents is 1. The van der Waals surface area contributed by atoms with Crippen LogP contribution >= 0.6 is 0 Å². The van der Waals surface area contributed by atoms with Gasteiger partial charge in [0.15, 0.2) is 6.10 Å². The predicted octanol–water partition coefficient (Wildman–Crippen LogP) is 2.42. The summed E-state index contributed by atoms with van der Waals surface area (Å²) in [6, 6.07) is 5.97. The van der Waals surface area contributed by atoms with E-state index < -0.39 is 11.0 Å². The van der Waals surface area contributed by atoms with E-state index in [1.807, 2.05) is 0 Å². The molecule has 0 radical (unpaired) electrons. The molecule has 1 N–H and O–H groups in total. The van der Waals surface area contributed by atoms with Gasteiger partial charge in [0, 0.05) is 18.2 Å². The van der Waals surface area contributed by atoms with Gasteiger partial charge in [0.05, 0.1) is 4.92 Å². The summed E-state index contributed by atoms with van der Waals surface area (Å²) in [7, 11) is 0. The summed E-state index contributed by atoms with van der Waals surface area (Å²) in [5.41, 5.74) is 0.000380. The van der Waals surface area contributed by atoms with Gasteiger partial charge in [-0.15, -0.1) is 0 Å². The number of hydrogen-bond acceptors (Lipinski definition) is 4. The molecule has 1 atom stereocenters. The average molecular weight is 278 g/mol. The normalized spacial score (nSPS) is 16.6. The summed E-state index contributed by atoms with van der Waals surface area (Å²) < 4.78 is 5.49. The molecule has 0 aliphatic heterocycles. The number of nitro groups is 1. The molecule has 1 fully saturated rings. The monoisotopic (exact) mass is 278 g/mol. The number of benzene rings is 1. The van der Waals surface area contributed by atoms with E-state index in [-0.39, 0.29) is 17.6 Å². The Morgan fingerprint density at radius 2 is 1.95 bits per heavy atom. The Labute approximate surface area is 117 Å². The van der Waals surface area contributed by atoms with E-state index in [4.69, 9.17) is 4.74 Å². The fourth-order valence-electron chi connectivity index (χ4n) is 2.29. The first-order valence-electron chi connectivity index (χ1n) is 6.78. The van der Waals surface area contributed by atoms with Crippen molar-refractivity contribution in [1.82, 2.24) is 5.32 Å². The number of nitrogens with zero attached hydrogens (tertiary/aromatic N) is 1. The lowest BCUT2D eigenvalue weighted by Crippen LogP contribution is -2.41. The van der Waals surface area contributed by atoms with E-state index >= 15 is 0 Å². The van der Waals surface area contributed by atoms with Crippen LogP contribution in [0, 0.1) is 10.1 Å². The Kier molecular flexibility index (Phi) is 4.55. The van der Waals surface area contributed by atoms with E-state index in [1.54, 1.807) is 6.92 Å². The van der Waals surface area contributed by atoms with Crippen molar-refractivity contribution < 1.29 is 14.5 Å². The van der Waals surface area contributed by atoms with Crippen LogP contribution in [0.15, 0.2) is 24.3 Å². The first kappa shape index (κ1) is 14.3. The van der Waals surface area contributed by atoms with Crippen molar-refractivity contribution in [3.8, 4) is 5.75 Å². The van der Waals surface area contributed by atoms with Crippen molar-refractivity contribution in [3.63, 3.8) is 0 Å². The van der Waals surface area contributed by atoms with Crippen LogP contribution in [0.25, 0.3) is 0 Å². The zero-order valence-electron chi connectivity index (χ0n) is 11.4. The first-order chi connectivity index (χ1) is 9.56. The topological polar surface area (TPSA) is 81.5 Å². The maximum atomic E-state index is 11.9. The summed E-state index contributed by atoms with van der Waals surface area (Å²) in [6.07, 6.45) is 3.74. The second-order valence-corrected chi connectivity index (χ2v) is 5.00. The van der Waals surface area contributed by atoms with Crippen molar-refractivity contribution in [2.75, 3.05) is 0 Å². The lowest BCUT2D eigenvalue weighted by molar-refractivity contribution is -0.384. The molecule has 0 spiro atoms. The van der Waals surface area contributed by atoms with Gasteiger partial charge >= 0.3 is 0 Å². The van der Waals surface area contributed by atoms with Crippen LogP contribution in [-0.2, 0) is 4.79 Å². The molecule has 1 aromatic carbocycles. The number of rotatable bonds is 5. The minimum absolute atomic E-state index is 0.000380. The van der Waals surface area contributed by atoms with Gasteiger partial charge in [-0.2, -0.15) is 0 Å². The Morgan fingerprint density at radius 1 is 1.35 bits per heavy atom. The van der Waals surface area contributed by atoms with Crippen molar-refractivity contribution in [2.45, 2.75) is 44.8 Å². The van der Waals surface area contributed by atoms with Crippen LogP contribution in [-0.4, -0.2) is 23.0 Å². The molecule has 1 amide bonds. The van der Waals surface area contributed by atoms with Crippen LogP contribution < -0.4 is 10.1 Å². The van der Waals surface area contributed by atoms with Gasteiger partial charge in [-0.3, -0.25) is 14.9 Å². The van der Waals surface area contributed by atoms with E-state index in [2.05, 4.69) is 5.32 Å². The highest BCUT2D eigenvalue weighted by atomic mass is 16.6. The number of carbonyl (C=O) groups is 1. The molecular weight excluding hydrogens is 260 g/mol. The number of hydrogen-bond donors (Lipinski definition) is 1. The SMILES string of the molecule is C[C@H](Oc1ccc([N+](=O)[O-])cc1)C(=O)NC1CCCC1. The van der Waals surface area contributed by atoms with Crippen molar-refractivity contribution in [1.29, 1.82) is 0 Å². The summed E-state index contributed by atoms with van der Waals surface area (Å²) in [5, 5.41) is 13.5. The third kappa shape index (κ3) is 3.69.